The van der Waals surface area contributed by atoms with E-state index < -0.39 is 10.0 Å². The summed E-state index contributed by atoms with van der Waals surface area (Å²) in [6, 6.07) is 16.2. The number of aryl methyl sites for hydroxylation is 2. The van der Waals surface area contributed by atoms with E-state index in [4.69, 9.17) is 0 Å². The normalized spacial score (nSPS) is 11.7. The molecule has 0 fully saturated rings. The molecule has 0 unspecified atom stereocenters. The molecular weight excluding hydrogens is 386 g/mol. The van der Waals surface area contributed by atoms with Gasteiger partial charge in [-0.25, -0.2) is 12.7 Å². The van der Waals surface area contributed by atoms with Crippen LogP contribution in [0.1, 0.15) is 27.3 Å². The summed E-state index contributed by atoms with van der Waals surface area (Å²) in [5.74, 6) is -0.281. The van der Waals surface area contributed by atoms with Crippen molar-refractivity contribution >= 4 is 21.6 Å². The fraction of sp³-hybridized carbons (Fsp3) is 0.227. The Kier molecular flexibility index (Phi) is 5.64. The summed E-state index contributed by atoms with van der Waals surface area (Å²) in [5.41, 5.74) is 4.88. The van der Waals surface area contributed by atoms with Crippen molar-refractivity contribution in [3.63, 3.8) is 0 Å². The molecule has 0 aliphatic carbocycles. The van der Waals surface area contributed by atoms with Crippen molar-refractivity contribution in [2.45, 2.75) is 25.7 Å². The van der Waals surface area contributed by atoms with Crippen molar-refractivity contribution in [2.75, 3.05) is 19.4 Å². The van der Waals surface area contributed by atoms with Crippen molar-refractivity contribution in [2.24, 2.45) is 0 Å². The van der Waals surface area contributed by atoms with Gasteiger partial charge in [0.1, 0.15) is 0 Å². The van der Waals surface area contributed by atoms with Gasteiger partial charge in [0.05, 0.1) is 10.5 Å². The van der Waals surface area contributed by atoms with Gasteiger partial charge in [0, 0.05) is 36.9 Å². The van der Waals surface area contributed by atoms with Crippen LogP contribution in [0.2, 0.25) is 0 Å². The molecule has 152 valence electrons. The van der Waals surface area contributed by atoms with Crippen LogP contribution in [0.25, 0.3) is 5.69 Å². The molecule has 1 heterocycles. The van der Waals surface area contributed by atoms with Crippen LogP contribution in [0.3, 0.4) is 0 Å². The summed E-state index contributed by atoms with van der Waals surface area (Å²) in [5, 5.41) is 2.82. The Labute approximate surface area is 171 Å². The number of hydrogen-bond acceptors (Lipinski definition) is 3. The first kappa shape index (κ1) is 20.8. The van der Waals surface area contributed by atoms with Gasteiger partial charge in [-0.05, 0) is 62.7 Å². The van der Waals surface area contributed by atoms with Crippen LogP contribution in [0.4, 0.5) is 5.69 Å². The third-order valence-corrected chi connectivity index (χ3v) is 6.62. The number of carbonyl (C=O) groups excluding carboxylic acids is 1. The first-order valence-corrected chi connectivity index (χ1v) is 10.6. The van der Waals surface area contributed by atoms with Gasteiger partial charge < -0.3 is 9.88 Å². The summed E-state index contributed by atoms with van der Waals surface area (Å²) in [4.78, 5) is 13.0. The maximum absolute atomic E-state index is 12.9. The fourth-order valence-electron chi connectivity index (χ4n) is 3.30. The Balaban J connectivity index is 1.92. The van der Waals surface area contributed by atoms with Gasteiger partial charge in [0.2, 0.25) is 10.0 Å². The van der Waals surface area contributed by atoms with E-state index in [0.29, 0.717) is 11.3 Å². The first-order chi connectivity index (χ1) is 13.6. The predicted molar refractivity (Wildman–Crippen MR) is 115 cm³/mol. The average Bonchev–Trinajstić information content (AvgIpc) is 2.96. The highest BCUT2D eigenvalue weighted by molar-refractivity contribution is 7.89. The van der Waals surface area contributed by atoms with Crippen molar-refractivity contribution in [1.82, 2.24) is 8.87 Å². The Morgan fingerprint density at radius 2 is 1.66 bits per heavy atom. The Bertz CT molecular complexity index is 1180. The third-order valence-electron chi connectivity index (χ3n) is 4.81. The number of rotatable bonds is 5. The molecule has 2 aromatic carbocycles. The second-order valence-electron chi connectivity index (χ2n) is 7.23. The summed E-state index contributed by atoms with van der Waals surface area (Å²) in [7, 11) is -0.627. The number of nitrogens with zero attached hydrogens (tertiary/aromatic N) is 2. The van der Waals surface area contributed by atoms with Gasteiger partial charge in [-0.1, -0.05) is 18.2 Å². The minimum absolute atomic E-state index is 0.130. The number of benzene rings is 2. The zero-order valence-electron chi connectivity index (χ0n) is 17.2. The second-order valence-corrected chi connectivity index (χ2v) is 9.38. The lowest BCUT2D eigenvalue weighted by atomic mass is 10.2. The summed E-state index contributed by atoms with van der Waals surface area (Å²) < 4.78 is 27.9. The molecule has 0 aliphatic rings. The minimum atomic E-state index is -3.57. The minimum Gasteiger partial charge on any atom is -0.322 e. The first-order valence-electron chi connectivity index (χ1n) is 9.21. The van der Waals surface area contributed by atoms with Gasteiger partial charge in [-0.3, -0.25) is 4.79 Å². The van der Waals surface area contributed by atoms with E-state index in [0.717, 1.165) is 26.9 Å². The van der Waals surface area contributed by atoms with Crippen molar-refractivity contribution in [3.05, 3.63) is 77.1 Å². The van der Waals surface area contributed by atoms with Crippen LogP contribution in [0.5, 0.6) is 0 Å². The topological polar surface area (TPSA) is 71.4 Å². The zero-order valence-corrected chi connectivity index (χ0v) is 18.0. The molecule has 3 rings (SSSR count). The second kappa shape index (κ2) is 7.85. The molecule has 0 bridgehead atoms. The van der Waals surface area contributed by atoms with E-state index in [1.807, 2.05) is 49.6 Å². The van der Waals surface area contributed by atoms with Crippen molar-refractivity contribution in [3.8, 4) is 5.69 Å². The van der Waals surface area contributed by atoms with E-state index in [1.54, 1.807) is 12.1 Å². The summed E-state index contributed by atoms with van der Waals surface area (Å²) >= 11 is 0. The lowest BCUT2D eigenvalue weighted by molar-refractivity contribution is 0.102. The smallest absolute Gasteiger partial charge is 0.257 e. The molecule has 1 aromatic heterocycles. The van der Waals surface area contributed by atoms with Crippen LogP contribution in [0, 0.1) is 20.8 Å². The van der Waals surface area contributed by atoms with E-state index >= 15 is 0 Å². The molecule has 0 saturated carbocycles. The van der Waals surface area contributed by atoms with Crippen LogP contribution < -0.4 is 5.32 Å². The quantitative estimate of drug-likeness (QED) is 0.692. The van der Waals surface area contributed by atoms with Gasteiger partial charge in [0.15, 0.2) is 0 Å². The molecule has 0 radical (unpaired) electrons. The largest absolute Gasteiger partial charge is 0.322 e. The monoisotopic (exact) mass is 411 g/mol. The molecule has 29 heavy (non-hydrogen) atoms. The van der Waals surface area contributed by atoms with E-state index in [2.05, 4.69) is 11.4 Å². The number of sulfonamides is 1. The highest BCUT2D eigenvalue weighted by Crippen LogP contribution is 2.23. The summed E-state index contributed by atoms with van der Waals surface area (Å²) in [6.07, 6.45) is 0. The molecule has 0 atom stereocenters. The van der Waals surface area contributed by atoms with E-state index in [1.165, 1.54) is 26.2 Å². The molecular formula is C22H25N3O3S. The van der Waals surface area contributed by atoms with Gasteiger partial charge in [-0.2, -0.15) is 0 Å². The lowest BCUT2D eigenvalue weighted by Crippen LogP contribution is -2.22. The van der Waals surface area contributed by atoms with Crippen molar-refractivity contribution < 1.29 is 13.2 Å². The van der Waals surface area contributed by atoms with Crippen LogP contribution in [-0.4, -0.2) is 37.3 Å². The molecule has 6 nitrogen and oxygen atoms in total. The standard InChI is InChI=1S/C22H25N3O3S/c1-15-8-6-10-19(12-15)25-16(2)13-21(17(25)3)22(26)23-18-9-7-11-20(14-18)29(27,28)24(4)5/h6-14H,1-5H3,(H,23,26). The van der Waals surface area contributed by atoms with Gasteiger partial charge in [-0.15, -0.1) is 0 Å². The zero-order chi connectivity index (χ0) is 21.3. The predicted octanol–water partition coefficient (Wildman–Crippen LogP) is 3.91. The number of anilines is 1. The summed E-state index contributed by atoms with van der Waals surface area (Å²) in [6.45, 7) is 5.88. The highest BCUT2D eigenvalue weighted by atomic mass is 32.2. The lowest BCUT2D eigenvalue weighted by Gasteiger charge is -2.13. The van der Waals surface area contributed by atoms with Gasteiger partial charge >= 0.3 is 0 Å². The molecule has 0 spiro atoms. The Hall–Kier alpha value is -2.90. The van der Waals surface area contributed by atoms with Gasteiger partial charge in [0.25, 0.3) is 5.91 Å². The number of hydrogen-bond donors (Lipinski definition) is 1. The maximum atomic E-state index is 12.9. The maximum Gasteiger partial charge on any atom is 0.257 e. The number of amides is 1. The number of aromatic nitrogens is 1. The number of nitrogens with one attached hydrogen (secondary N) is 1. The van der Waals surface area contributed by atoms with Crippen molar-refractivity contribution in [1.29, 1.82) is 0 Å². The molecule has 1 N–H and O–H groups in total. The SMILES string of the molecule is Cc1cccc(-n2c(C)cc(C(=O)Nc3cccc(S(=O)(=O)N(C)C)c3)c2C)c1. The van der Waals surface area contributed by atoms with E-state index in [-0.39, 0.29) is 10.8 Å². The molecule has 3 aromatic rings. The number of carbonyl (C=O) groups is 1. The Morgan fingerprint density at radius 1 is 0.966 bits per heavy atom. The highest BCUT2D eigenvalue weighted by Gasteiger charge is 2.20. The average molecular weight is 412 g/mol. The molecule has 0 aliphatic heterocycles. The molecule has 7 heteroatoms. The van der Waals surface area contributed by atoms with Crippen LogP contribution in [-0.2, 0) is 10.0 Å². The van der Waals surface area contributed by atoms with Crippen LogP contribution >= 0.6 is 0 Å². The molecule has 1 amide bonds. The fourth-order valence-corrected chi connectivity index (χ4v) is 4.25. The molecule has 0 saturated heterocycles. The Morgan fingerprint density at radius 3 is 2.31 bits per heavy atom. The van der Waals surface area contributed by atoms with Crippen LogP contribution in [0.15, 0.2) is 59.5 Å². The van der Waals surface area contributed by atoms with E-state index in [9.17, 15) is 13.2 Å². The third kappa shape index (κ3) is 4.11.